The lowest BCUT2D eigenvalue weighted by atomic mass is 9.92. The third-order valence-electron chi connectivity index (χ3n) is 6.21. The van der Waals surface area contributed by atoms with Gasteiger partial charge in [0.25, 0.3) is 5.91 Å². The molecule has 1 N–H and O–H groups in total. The lowest BCUT2D eigenvalue weighted by molar-refractivity contribution is -0.118. The fraction of sp³-hybridized carbons (Fsp3) is 0.308. The number of benzene rings is 2. The first-order chi connectivity index (χ1) is 16.1. The van der Waals surface area contributed by atoms with E-state index < -0.39 is 0 Å². The van der Waals surface area contributed by atoms with Crippen LogP contribution in [0.25, 0.3) is 10.4 Å². The minimum atomic E-state index is -0.316. The van der Waals surface area contributed by atoms with E-state index in [9.17, 15) is 9.59 Å². The summed E-state index contributed by atoms with van der Waals surface area (Å²) in [4.78, 5) is 29.8. The van der Waals surface area contributed by atoms with Crippen molar-refractivity contribution in [2.75, 3.05) is 38.2 Å². The van der Waals surface area contributed by atoms with Crippen LogP contribution in [0, 0.1) is 6.92 Å². The molecule has 5 rings (SSSR count). The molecule has 1 fully saturated rings. The van der Waals surface area contributed by atoms with Crippen molar-refractivity contribution in [2.45, 2.75) is 19.3 Å². The summed E-state index contributed by atoms with van der Waals surface area (Å²) < 4.78 is 11.2. The number of hydrogen-bond acceptors (Lipinski definition) is 5. The Morgan fingerprint density at radius 2 is 1.73 bits per heavy atom. The van der Waals surface area contributed by atoms with Crippen LogP contribution >= 0.6 is 11.3 Å². The van der Waals surface area contributed by atoms with Gasteiger partial charge in [0.05, 0.1) is 31.3 Å². The van der Waals surface area contributed by atoms with E-state index in [1.807, 2.05) is 66.4 Å². The van der Waals surface area contributed by atoms with Crippen molar-refractivity contribution in [3.8, 4) is 16.2 Å². The number of hydrogen-bond donors (Lipinski definition) is 1. The van der Waals surface area contributed by atoms with Gasteiger partial charge in [-0.3, -0.25) is 9.59 Å². The molecule has 0 saturated carbocycles. The SMILES string of the molecule is Cc1c(-c2ccccc2)sc(NC(=O)C2CCOc3ccccc32)c1C(=O)N1CCOCC1. The number of fused-ring (bicyclic) bond motifs is 1. The second-order valence-electron chi connectivity index (χ2n) is 8.25. The summed E-state index contributed by atoms with van der Waals surface area (Å²) in [7, 11) is 0. The minimum Gasteiger partial charge on any atom is -0.493 e. The quantitative estimate of drug-likeness (QED) is 0.610. The molecule has 0 aliphatic carbocycles. The van der Waals surface area contributed by atoms with Gasteiger partial charge in [0.15, 0.2) is 0 Å². The molecule has 3 heterocycles. The van der Waals surface area contributed by atoms with E-state index in [2.05, 4.69) is 5.32 Å². The highest BCUT2D eigenvalue weighted by molar-refractivity contribution is 7.20. The first-order valence-electron chi connectivity index (χ1n) is 11.2. The maximum absolute atomic E-state index is 13.5. The molecule has 0 bridgehead atoms. The van der Waals surface area contributed by atoms with Crippen LogP contribution in [0.1, 0.15) is 33.8 Å². The largest absolute Gasteiger partial charge is 0.493 e. The van der Waals surface area contributed by atoms with Crippen molar-refractivity contribution in [1.29, 1.82) is 0 Å². The number of morpholine rings is 1. The maximum atomic E-state index is 13.5. The van der Waals surface area contributed by atoms with E-state index in [-0.39, 0.29) is 17.7 Å². The summed E-state index contributed by atoms with van der Waals surface area (Å²) >= 11 is 1.46. The summed E-state index contributed by atoms with van der Waals surface area (Å²) in [5.41, 5.74) is 3.40. The lowest BCUT2D eigenvalue weighted by Gasteiger charge is -2.28. The normalized spacial score (nSPS) is 17.7. The first-order valence-corrected chi connectivity index (χ1v) is 12.0. The molecule has 1 unspecified atom stereocenters. The number of carbonyl (C=O) groups is 2. The number of thiophene rings is 1. The molecule has 7 heteroatoms. The van der Waals surface area contributed by atoms with E-state index in [0.29, 0.717) is 49.9 Å². The Morgan fingerprint density at radius 3 is 2.52 bits per heavy atom. The predicted octanol–water partition coefficient (Wildman–Crippen LogP) is 4.70. The topological polar surface area (TPSA) is 67.9 Å². The third-order valence-corrected chi connectivity index (χ3v) is 7.46. The van der Waals surface area contributed by atoms with Gasteiger partial charge in [-0.1, -0.05) is 48.5 Å². The third kappa shape index (κ3) is 4.26. The molecule has 2 aromatic carbocycles. The second kappa shape index (κ2) is 9.37. The average molecular weight is 463 g/mol. The molecule has 6 nitrogen and oxygen atoms in total. The zero-order valence-electron chi connectivity index (χ0n) is 18.5. The lowest BCUT2D eigenvalue weighted by Crippen LogP contribution is -2.41. The van der Waals surface area contributed by atoms with Crippen LogP contribution in [0.5, 0.6) is 5.75 Å². The Balaban J connectivity index is 1.51. The van der Waals surface area contributed by atoms with E-state index >= 15 is 0 Å². The predicted molar refractivity (Wildman–Crippen MR) is 129 cm³/mol. The number of rotatable bonds is 4. The number of nitrogens with zero attached hydrogens (tertiary/aromatic N) is 1. The number of anilines is 1. The average Bonchev–Trinajstić information content (AvgIpc) is 3.19. The molecule has 33 heavy (non-hydrogen) atoms. The highest BCUT2D eigenvalue weighted by atomic mass is 32.1. The van der Waals surface area contributed by atoms with Crippen molar-refractivity contribution in [3.63, 3.8) is 0 Å². The van der Waals surface area contributed by atoms with Gasteiger partial charge in [-0.05, 0) is 30.5 Å². The van der Waals surface area contributed by atoms with Crippen molar-refractivity contribution in [1.82, 2.24) is 4.90 Å². The Bertz CT molecular complexity index is 1170. The van der Waals surface area contributed by atoms with Crippen molar-refractivity contribution in [3.05, 3.63) is 71.3 Å². The monoisotopic (exact) mass is 462 g/mol. The Morgan fingerprint density at radius 1 is 1.00 bits per heavy atom. The summed E-state index contributed by atoms with van der Waals surface area (Å²) in [6, 6.07) is 17.7. The van der Waals surface area contributed by atoms with Crippen LogP contribution in [0.15, 0.2) is 54.6 Å². The Labute approximate surface area is 197 Å². The van der Waals surface area contributed by atoms with Gasteiger partial charge in [0.1, 0.15) is 10.8 Å². The number of nitrogens with one attached hydrogen (secondary N) is 1. The molecule has 1 aromatic heterocycles. The smallest absolute Gasteiger partial charge is 0.257 e. The first kappa shape index (κ1) is 21.7. The number of ether oxygens (including phenoxy) is 2. The molecular weight excluding hydrogens is 436 g/mol. The Kier molecular flexibility index (Phi) is 6.15. The minimum absolute atomic E-state index is 0.0584. The molecule has 0 radical (unpaired) electrons. The molecule has 0 spiro atoms. The van der Waals surface area contributed by atoms with Crippen LogP contribution in [-0.2, 0) is 9.53 Å². The molecule has 170 valence electrons. The number of para-hydroxylation sites is 1. The van der Waals surface area contributed by atoms with E-state index in [1.54, 1.807) is 0 Å². The summed E-state index contributed by atoms with van der Waals surface area (Å²) in [5, 5.41) is 3.73. The van der Waals surface area contributed by atoms with Crippen molar-refractivity contribution in [2.24, 2.45) is 0 Å². The summed E-state index contributed by atoms with van der Waals surface area (Å²) in [5.74, 6) is 0.268. The number of amides is 2. The molecule has 2 aliphatic rings. The zero-order valence-corrected chi connectivity index (χ0v) is 19.3. The van der Waals surface area contributed by atoms with Gasteiger partial charge >= 0.3 is 0 Å². The van der Waals surface area contributed by atoms with Gasteiger partial charge in [-0.25, -0.2) is 0 Å². The van der Waals surface area contributed by atoms with Gasteiger partial charge in [-0.2, -0.15) is 0 Å². The number of carbonyl (C=O) groups excluding carboxylic acids is 2. The maximum Gasteiger partial charge on any atom is 0.257 e. The fourth-order valence-electron chi connectivity index (χ4n) is 4.46. The zero-order chi connectivity index (χ0) is 22.8. The van der Waals surface area contributed by atoms with Gasteiger partial charge in [0.2, 0.25) is 5.91 Å². The van der Waals surface area contributed by atoms with Crippen LogP contribution in [0.2, 0.25) is 0 Å². The molecule has 3 aromatic rings. The van der Waals surface area contributed by atoms with Crippen LogP contribution in [-0.4, -0.2) is 49.6 Å². The molecule has 1 atom stereocenters. The van der Waals surface area contributed by atoms with Gasteiger partial charge < -0.3 is 19.7 Å². The van der Waals surface area contributed by atoms with E-state index in [0.717, 1.165) is 27.3 Å². The van der Waals surface area contributed by atoms with E-state index in [1.165, 1.54) is 11.3 Å². The fourth-order valence-corrected chi connectivity index (χ4v) is 5.67. The van der Waals surface area contributed by atoms with Crippen molar-refractivity contribution >= 4 is 28.2 Å². The molecule has 1 saturated heterocycles. The Hall–Kier alpha value is -3.16. The van der Waals surface area contributed by atoms with Crippen LogP contribution in [0.3, 0.4) is 0 Å². The van der Waals surface area contributed by atoms with Gasteiger partial charge in [-0.15, -0.1) is 11.3 Å². The van der Waals surface area contributed by atoms with Crippen LogP contribution in [0.4, 0.5) is 5.00 Å². The highest BCUT2D eigenvalue weighted by Gasteiger charge is 2.31. The standard InChI is InChI=1S/C26H26N2O4S/c1-17-22(26(30)28-12-15-31-16-13-28)25(33-23(17)18-7-3-2-4-8-18)27-24(29)20-11-14-32-21-10-6-5-9-19(20)21/h2-10,20H,11-16H2,1H3,(H,27,29). The van der Waals surface area contributed by atoms with E-state index in [4.69, 9.17) is 9.47 Å². The summed E-state index contributed by atoms with van der Waals surface area (Å²) in [6.45, 7) is 4.62. The van der Waals surface area contributed by atoms with Gasteiger partial charge in [0, 0.05) is 23.5 Å². The molecule has 2 amide bonds. The second-order valence-corrected chi connectivity index (χ2v) is 9.27. The molecular formula is C26H26N2O4S. The summed E-state index contributed by atoms with van der Waals surface area (Å²) in [6.07, 6.45) is 0.603. The van der Waals surface area contributed by atoms with Crippen LogP contribution < -0.4 is 10.1 Å². The van der Waals surface area contributed by atoms with Crippen molar-refractivity contribution < 1.29 is 19.1 Å². The molecule has 2 aliphatic heterocycles. The highest BCUT2D eigenvalue weighted by Crippen LogP contribution is 2.42.